The van der Waals surface area contributed by atoms with Crippen LogP contribution < -0.4 is 5.73 Å². The van der Waals surface area contributed by atoms with Gasteiger partial charge in [0.2, 0.25) is 0 Å². The number of hydrogen-bond acceptors (Lipinski definition) is 4. The van der Waals surface area contributed by atoms with E-state index in [4.69, 9.17) is 17.3 Å². The van der Waals surface area contributed by atoms with E-state index in [-0.39, 0.29) is 21.2 Å². The molecule has 1 aromatic heterocycles. The first kappa shape index (κ1) is 13.8. The first-order valence-corrected chi connectivity index (χ1v) is 7.29. The Morgan fingerprint density at radius 2 is 2.00 bits per heavy atom. The van der Waals surface area contributed by atoms with Gasteiger partial charge in [0.05, 0.1) is 27.6 Å². The van der Waals surface area contributed by atoms with Gasteiger partial charge in [-0.05, 0) is 29.8 Å². The van der Waals surface area contributed by atoms with Crippen LogP contribution in [0.4, 0.5) is 10.1 Å². The lowest BCUT2D eigenvalue weighted by Gasteiger charge is -2.06. The highest BCUT2D eigenvalue weighted by atomic mass is 35.5. The second-order valence-corrected chi connectivity index (χ2v) is 6.35. The fourth-order valence-corrected chi connectivity index (χ4v) is 3.12. The Balaban J connectivity index is 2.35. The van der Waals surface area contributed by atoms with Gasteiger partial charge in [-0.2, -0.15) is 0 Å². The van der Waals surface area contributed by atoms with Gasteiger partial charge in [0.1, 0.15) is 5.82 Å². The maximum Gasteiger partial charge on any atom is 0.182 e. The van der Waals surface area contributed by atoms with E-state index in [2.05, 4.69) is 4.98 Å². The summed E-state index contributed by atoms with van der Waals surface area (Å²) in [5.74, 6) is -0.930. The molecule has 0 saturated carbocycles. The van der Waals surface area contributed by atoms with E-state index < -0.39 is 15.7 Å². The maximum absolute atomic E-state index is 13.0. The van der Waals surface area contributed by atoms with E-state index in [9.17, 15) is 12.8 Å². The molecular formula is C12H10ClFN2O2S. The predicted octanol–water partition coefficient (Wildman–Crippen LogP) is 2.43. The minimum atomic E-state index is -3.62. The van der Waals surface area contributed by atoms with Gasteiger partial charge in [-0.15, -0.1) is 0 Å². The van der Waals surface area contributed by atoms with Crippen molar-refractivity contribution in [3.63, 3.8) is 0 Å². The van der Waals surface area contributed by atoms with Gasteiger partial charge in [-0.1, -0.05) is 11.6 Å². The number of nitrogens with zero attached hydrogens (tertiary/aromatic N) is 1. The second kappa shape index (κ2) is 5.14. The molecule has 100 valence electrons. The molecule has 0 aliphatic rings. The Morgan fingerprint density at radius 1 is 1.26 bits per heavy atom. The van der Waals surface area contributed by atoms with Crippen LogP contribution in [0.2, 0.25) is 5.02 Å². The molecule has 0 atom stereocenters. The highest BCUT2D eigenvalue weighted by molar-refractivity contribution is 7.90. The highest BCUT2D eigenvalue weighted by Gasteiger charge is 2.17. The van der Waals surface area contributed by atoms with Crippen molar-refractivity contribution in [1.82, 2.24) is 4.98 Å². The number of sulfone groups is 1. The molecule has 1 aromatic carbocycles. The first-order chi connectivity index (χ1) is 8.88. The van der Waals surface area contributed by atoms with Crippen LogP contribution >= 0.6 is 11.6 Å². The van der Waals surface area contributed by atoms with E-state index in [0.29, 0.717) is 5.69 Å². The average Bonchev–Trinajstić information content (AvgIpc) is 2.32. The van der Waals surface area contributed by atoms with Crippen molar-refractivity contribution in [1.29, 1.82) is 0 Å². The third-order valence-corrected chi connectivity index (χ3v) is 4.46. The molecule has 2 N–H and O–H groups in total. The normalized spacial score (nSPS) is 11.5. The van der Waals surface area contributed by atoms with E-state index in [0.717, 1.165) is 12.3 Å². The molecule has 0 saturated heterocycles. The number of halogens is 2. The van der Waals surface area contributed by atoms with Crippen molar-refractivity contribution in [3.8, 4) is 0 Å². The number of pyridine rings is 1. The topological polar surface area (TPSA) is 73.1 Å². The van der Waals surface area contributed by atoms with Crippen molar-refractivity contribution in [3.05, 3.63) is 53.1 Å². The molecule has 0 radical (unpaired) electrons. The van der Waals surface area contributed by atoms with Gasteiger partial charge in [0.25, 0.3) is 0 Å². The first-order valence-electron chi connectivity index (χ1n) is 5.26. The number of nitrogens with two attached hydrogens (primary N) is 1. The Labute approximate surface area is 115 Å². The fraction of sp³-hybridized carbons (Fsp3) is 0.0833. The zero-order valence-electron chi connectivity index (χ0n) is 9.68. The SMILES string of the molecule is Nc1ccc(S(=O)(=O)Cc2cncc(F)c2)cc1Cl. The molecule has 1 heterocycles. The molecule has 2 aromatic rings. The van der Waals surface area contributed by atoms with Crippen molar-refractivity contribution in [2.75, 3.05) is 5.73 Å². The van der Waals surface area contributed by atoms with Gasteiger partial charge in [0.15, 0.2) is 9.84 Å². The predicted molar refractivity (Wildman–Crippen MR) is 70.9 cm³/mol. The fourth-order valence-electron chi connectivity index (χ4n) is 1.54. The zero-order chi connectivity index (χ0) is 14.0. The Kier molecular flexibility index (Phi) is 3.73. The molecule has 0 aliphatic carbocycles. The standard InChI is InChI=1S/C12H10ClFN2O2S/c13-11-4-10(1-2-12(11)15)19(17,18)7-8-3-9(14)6-16-5-8/h1-6H,7,15H2. The molecule has 0 aliphatic heterocycles. The lowest BCUT2D eigenvalue weighted by molar-refractivity contribution is 0.594. The van der Waals surface area contributed by atoms with Crippen LogP contribution in [0.3, 0.4) is 0 Å². The number of aromatic nitrogens is 1. The Morgan fingerprint density at radius 3 is 2.63 bits per heavy atom. The van der Waals surface area contributed by atoms with E-state index in [1.807, 2.05) is 0 Å². The minimum absolute atomic E-state index is 0.0379. The van der Waals surface area contributed by atoms with Gasteiger partial charge >= 0.3 is 0 Å². The van der Waals surface area contributed by atoms with Crippen molar-refractivity contribution in [2.24, 2.45) is 0 Å². The van der Waals surface area contributed by atoms with Gasteiger partial charge in [0, 0.05) is 6.20 Å². The smallest absolute Gasteiger partial charge is 0.182 e. The summed E-state index contributed by atoms with van der Waals surface area (Å²) in [7, 11) is -3.62. The molecule has 0 bridgehead atoms. The second-order valence-electron chi connectivity index (χ2n) is 3.95. The third-order valence-electron chi connectivity index (χ3n) is 2.45. The van der Waals surface area contributed by atoms with Crippen LogP contribution in [0, 0.1) is 5.82 Å². The van der Waals surface area contributed by atoms with Gasteiger partial charge < -0.3 is 5.73 Å². The minimum Gasteiger partial charge on any atom is -0.398 e. The molecule has 4 nitrogen and oxygen atoms in total. The van der Waals surface area contributed by atoms with Gasteiger partial charge in [-0.3, -0.25) is 4.98 Å². The van der Waals surface area contributed by atoms with Crippen molar-refractivity contribution < 1.29 is 12.8 Å². The van der Waals surface area contributed by atoms with E-state index in [1.165, 1.54) is 24.4 Å². The maximum atomic E-state index is 13.0. The molecule has 7 heteroatoms. The summed E-state index contributed by atoms with van der Waals surface area (Å²) in [5.41, 5.74) is 6.09. The van der Waals surface area contributed by atoms with Crippen LogP contribution in [0.1, 0.15) is 5.56 Å². The molecule has 0 unspecified atom stereocenters. The van der Waals surface area contributed by atoms with Crippen LogP contribution in [-0.2, 0) is 15.6 Å². The van der Waals surface area contributed by atoms with Crippen molar-refractivity contribution in [2.45, 2.75) is 10.6 Å². The third kappa shape index (κ3) is 3.21. The molecule has 0 fully saturated rings. The average molecular weight is 301 g/mol. The summed E-state index contributed by atoms with van der Waals surface area (Å²) in [5, 5.41) is 0.165. The van der Waals surface area contributed by atoms with Crippen LogP contribution in [0.5, 0.6) is 0 Å². The largest absolute Gasteiger partial charge is 0.398 e. The van der Waals surface area contributed by atoms with Crippen LogP contribution in [0.15, 0.2) is 41.6 Å². The molecule has 19 heavy (non-hydrogen) atoms. The van der Waals surface area contributed by atoms with Crippen molar-refractivity contribution >= 4 is 27.1 Å². The lowest BCUT2D eigenvalue weighted by atomic mass is 10.3. The molecule has 2 rings (SSSR count). The molecule has 0 spiro atoms. The van der Waals surface area contributed by atoms with E-state index in [1.54, 1.807) is 0 Å². The molecular weight excluding hydrogens is 291 g/mol. The lowest BCUT2D eigenvalue weighted by Crippen LogP contribution is -2.06. The summed E-state index contributed by atoms with van der Waals surface area (Å²) in [4.78, 5) is 3.65. The monoisotopic (exact) mass is 300 g/mol. The number of anilines is 1. The number of rotatable bonds is 3. The van der Waals surface area contributed by atoms with E-state index >= 15 is 0 Å². The summed E-state index contributed by atoms with van der Waals surface area (Å²) in [6.45, 7) is 0. The summed E-state index contributed by atoms with van der Waals surface area (Å²) < 4.78 is 37.2. The van der Waals surface area contributed by atoms with Crippen LogP contribution in [-0.4, -0.2) is 13.4 Å². The summed E-state index contributed by atoms with van der Waals surface area (Å²) in [6.07, 6.45) is 2.32. The number of hydrogen-bond donors (Lipinski definition) is 1. The summed E-state index contributed by atoms with van der Waals surface area (Å²) in [6, 6.07) is 5.19. The quantitative estimate of drug-likeness (QED) is 0.884. The summed E-state index contributed by atoms with van der Waals surface area (Å²) >= 11 is 5.79. The Hall–Kier alpha value is -1.66. The zero-order valence-corrected chi connectivity index (χ0v) is 11.2. The number of benzene rings is 1. The number of nitrogen functional groups attached to an aromatic ring is 1. The molecule has 0 amide bonds. The van der Waals surface area contributed by atoms with Gasteiger partial charge in [-0.25, -0.2) is 12.8 Å². The van der Waals surface area contributed by atoms with Crippen LogP contribution in [0.25, 0.3) is 0 Å². The Bertz CT molecular complexity index is 719. The highest BCUT2D eigenvalue weighted by Crippen LogP contribution is 2.24.